The van der Waals surface area contributed by atoms with E-state index in [0.29, 0.717) is 31.0 Å². The number of carbonyl (C=O) groups is 1. The van der Waals surface area contributed by atoms with Crippen molar-refractivity contribution in [2.45, 2.75) is 19.8 Å². The molecule has 17 heavy (non-hydrogen) atoms. The van der Waals surface area contributed by atoms with Gasteiger partial charge in [-0.05, 0) is 25.5 Å². The van der Waals surface area contributed by atoms with Gasteiger partial charge in [0, 0.05) is 19.2 Å². The number of hydrogen-bond acceptors (Lipinski definition) is 4. The lowest BCUT2D eigenvalue weighted by molar-refractivity contribution is 0.0527. The minimum absolute atomic E-state index is 0.351. The number of aromatic nitrogens is 1. The predicted molar refractivity (Wildman–Crippen MR) is 66.8 cm³/mol. The van der Waals surface area contributed by atoms with Crippen LogP contribution in [0.3, 0.4) is 0 Å². The number of hydrogen-bond donors (Lipinski definition) is 1. The van der Waals surface area contributed by atoms with Crippen LogP contribution < -0.4 is 5.32 Å². The third-order valence-corrected chi connectivity index (χ3v) is 2.09. The molecule has 0 spiro atoms. The first-order valence-electron chi connectivity index (χ1n) is 5.59. The molecule has 0 amide bonds. The third kappa shape index (κ3) is 4.15. The Hall–Kier alpha value is -2.02. The van der Waals surface area contributed by atoms with Gasteiger partial charge >= 0.3 is 5.97 Å². The zero-order valence-electron chi connectivity index (χ0n) is 9.90. The summed E-state index contributed by atoms with van der Waals surface area (Å²) in [6.45, 7) is 2.81. The monoisotopic (exact) mass is 232 g/mol. The van der Waals surface area contributed by atoms with Crippen LogP contribution in [-0.4, -0.2) is 24.1 Å². The molecule has 0 fully saturated rings. The molecule has 0 unspecified atom stereocenters. The minimum Gasteiger partial charge on any atom is -0.462 e. The summed E-state index contributed by atoms with van der Waals surface area (Å²) < 4.78 is 4.94. The molecular formula is C13H16N2O2. The van der Waals surface area contributed by atoms with Crippen molar-refractivity contribution >= 4 is 11.8 Å². The second kappa shape index (κ2) is 7.29. The maximum absolute atomic E-state index is 11.6. The molecule has 4 heteroatoms. The van der Waals surface area contributed by atoms with E-state index in [1.165, 1.54) is 0 Å². The fourth-order valence-corrected chi connectivity index (χ4v) is 1.32. The average Bonchev–Trinajstić information content (AvgIpc) is 2.35. The molecule has 0 radical (unpaired) electrons. The Kier molecular flexibility index (Phi) is 5.59. The highest BCUT2D eigenvalue weighted by Crippen LogP contribution is 2.12. The zero-order valence-corrected chi connectivity index (χ0v) is 9.90. The summed E-state index contributed by atoms with van der Waals surface area (Å²) in [6, 6.07) is 3.40. The second-order valence-electron chi connectivity index (χ2n) is 3.35. The Balaban J connectivity index is 2.64. The zero-order chi connectivity index (χ0) is 12.5. The van der Waals surface area contributed by atoms with E-state index in [4.69, 9.17) is 11.2 Å². The largest absolute Gasteiger partial charge is 0.462 e. The molecule has 1 N–H and O–H groups in total. The van der Waals surface area contributed by atoms with Gasteiger partial charge in [-0.25, -0.2) is 9.78 Å². The number of carbonyl (C=O) groups excluding carboxylic acids is 1. The van der Waals surface area contributed by atoms with E-state index in [-0.39, 0.29) is 5.97 Å². The standard InChI is InChI=1S/C13H16N2O2/c1-3-5-6-9-14-12-11(8-7-10-15-12)13(16)17-4-2/h1,7-8,10H,4-6,9H2,2H3,(H,14,15). The van der Waals surface area contributed by atoms with Crippen molar-refractivity contribution in [1.82, 2.24) is 4.98 Å². The molecule has 0 aliphatic carbocycles. The number of pyridine rings is 1. The normalized spacial score (nSPS) is 9.41. The van der Waals surface area contributed by atoms with Gasteiger partial charge in [0.15, 0.2) is 0 Å². The fourth-order valence-electron chi connectivity index (χ4n) is 1.32. The van der Waals surface area contributed by atoms with Crippen molar-refractivity contribution in [2.75, 3.05) is 18.5 Å². The summed E-state index contributed by atoms with van der Waals surface area (Å²) in [6.07, 6.45) is 8.33. The van der Waals surface area contributed by atoms with Crippen LogP contribution in [0, 0.1) is 12.3 Å². The van der Waals surface area contributed by atoms with Crippen LogP contribution in [0.2, 0.25) is 0 Å². The van der Waals surface area contributed by atoms with E-state index < -0.39 is 0 Å². The van der Waals surface area contributed by atoms with E-state index in [1.54, 1.807) is 25.3 Å². The highest BCUT2D eigenvalue weighted by atomic mass is 16.5. The summed E-state index contributed by atoms with van der Waals surface area (Å²) >= 11 is 0. The van der Waals surface area contributed by atoms with Gasteiger partial charge in [-0.2, -0.15) is 0 Å². The number of anilines is 1. The number of ether oxygens (including phenoxy) is 1. The molecule has 0 saturated heterocycles. The van der Waals surface area contributed by atoms with Crippen molar-refractivity contribution in [2.24, 2.45) is 0 Å². The van der Waals surface area contributed by atoms with E-state index >= 15 is 0 Å². The molecular weight excluding hydrogens is 216 g/mol. The Morgan fingerprint density at radius 2 is 2.47 bits per heavy atom. The van der Waals surface area contributed by atoms with Gasteiger partial charge in [0.2, 0.25) is 0 Å². The molecule has 1 heterocycles. The smallest absolute Gasteiger partial charge is 0.341 e. The van der Waals surface area contributed by atoms with Crippen LogP contribution in [0.5, 0.6) is 0 Å². The van der Waals surface area contributed by atoms with Crippen LogP contribution in [0.1, 0.15) is 30.1 Å². The maximum atomic E-state index is 11.6. The third-order valence-electron chi connectivity index (χ3n) is 2.09. The molecule has 1 rings (SSSR count). The van der Waals surface area contributed by atoms with Gasteiger partial charge in [0.25, 0.3) is 0 Å². The molecule has 1 aromatic rings. The van der Waals surface area contributed by atoms with E-state index in [1.807, 2.05) is 0 Å². The summed E-state index contributed by atoms with van der Waals surface area (Å²) in [5, 5.41) is 3.08. The molecule has 0 saturated carbocycles. The summed E-state index contributed by atoms with van der Waals surface area (Å²) in [7, 11) is 0. The minimum atomic E-state index is -0.361. The Labute approximate surface area is 101 Å². The quantitative estimate of drug-likeness (QED) is 0.463. The Bertz CT molecular complexity index is 410. The molecule has 0 aliphatic rings. The van der Waals surface area contributed by atoms with Crippen LogP contribution in [0.15, 0.2) is 18.3 Å². The van der Waals surface area contributed by atoms with Crippen LogP contribution in [-0.2, 0) is 4.74 Å². The highest BCUT2D eigenvalue weighted by Gasteiger charge is 2.12. The van der Waals surface area contributed by atoms with Gasteiger partial charge in [0.05, 0.1) is 6.61 Å². The van der Waals surface area contributed by atoms with Crippen molar-refractivity contribution in [3.05, 3.63) is 23.9 Å². The van der Waals surface area contributed by atoms with Gasteiger partial charge in [0.1, 0.15) is 11.4 Å². The Morgan fingerprint density at radius 1 is 1.65 bits per heavy atom. The van der Waals surface area contributed by atoms with Crippen molar-refractivity contribution < 1.29 is 9.53 Å². The van der Waals surface area contributed by atoms with Crippen molar-refractivity contribution in [3.8, 4) is 12.3 Å². The van der Waals surface area contributed by atoms with E-state index in [9.17, 15) is 4.79 Å². The summed E-state index contributed by atoms with van der Waals surface area (Å²) in [5.41, 5.74) is 0.454. The lowest BCUT2D eigenvalue weighted by Gasteiger charge is -2.09. The highest BCUT2D eigenvalue weighted by molar-refractivity contribution is 5.94. The van der Waals surface area contributed by atoms with Crippen LogP contribution in [0.4, 0.5) is 5.82 Å². The lowest BCUT2D eigenvalue weighted by Crippen LogP contribution is -2.11. The van der Waals surface area contributed by atoms with Gasteiger partial charge in [-0.15, -0.1) is 12.3 Å². The first-order chi connectivity index (χ1) is 8.29. The van der Waals surface area contributed by atoms with Gasteiger partial charge in [-0.1, -0.05) is 0 Å². The number of nitrogens with zero attached hydrogens (tertiary/aromatic N) is 1. The van der Waals surface area contributed by atoms with Crippen LogP contribution >= 0.6 is 0 Å². The summed E-state index contributed by atoms with van der Waals surface area (Å²) in [5.74, 6) is 2.74. The first kappa shape index (κ1) is 13.0. The predicted octanol–water partition coefficient (Wildman–Crippen LogP) is 2.08. The van der Waals surface area contributed by atoms with Gasteiger partial charge in [-0.3, -0.25) is 0 Å². The molecule has 1 aromatic heterocycles. The maximum Gasteiger partial charge on any atom is 0.341 e. The molecule has 0 bridgehead atoms. The van der Waals surface area contributed by atoms with Crippen molar-refractivity contribution in [1.29, 1.82) is 0 Å². The average molecular weight is 232 g/mol. The van der Waals surface area contributed by atoms with Crippen molar-refractivity contribution in [3.63, 3.8) is 0 Å². The number of nitrogens with one attached hydrogen (secondary N) is 1. The SMILES string of the molecule is C#CCCCNc1ncccc1C(=O)OCC. The molecule has 0 aromatic carbocycles. The molecule has 0 atom stereocenters. The molecule has 90 valence electrons. The van der Waals surface area contributed by atoms with Gasteiger partial charge < -0.3 is 10.1 Å². The lowest BCUT2D eigenvalue weighted by atomic mass is 10.2. The first-order valence-corrected chi connectivity index (χ1v) is 5.59. The van der Waals surface area contributed by atoms with E-state index in [0.717, 1.165) is 6.42 Å². The van der Waals surface area contributed by atoms with E-state index in [2.05, 4.69) is 16.2 Å². The molecule has 0 aliphatic heterocycles. The number of rotatable bonds is 6. The number of terminal acetylenes is 1. The second-order valence-corrected chi connectivity index (χ2v) is 3.35. The number of esters is 1. The molecule has 4 nitrogen and oxygen atoms in total. The Morgan fingerprint density at radius 3 is 3.18 bits per heavy atom. The number of unbranched alkanes of at least 4 members (excludes halogenated alkanes) is 1. The topological polar surface area (TPSA) is 51.2 Å². The summed E-state index contributed by atoms with van der Waals surface area (Å²) in [4.78, 5) is 15.7. The fraction of sp³-hybridized carbons (Fsp3) is 0.385. The van der Waals surface area contributed by atoms with Crippen LogP contribution in [0.25, 0.3) is 0 Å².